The van der Waals surface area contributed by atoms with E-state index in [0.29, 0.717) is 17.6 Å². The van der Waals surface area contributed by atoms with Gasteiger partial charge in [0.1, 0.15) is 0 Å². The van der Waals surface area contributed by atoms with Gasteiger partial charge in [0.25, 0.3) is 0 Å². The number of methoxy groups -OCH3 is 1. The van der Waals surface area contributed by atoms with Crippen molar-refractivity contribution in [1.82, 2.24) is 0 Å². The standard InChI is InChI=1S/C12H11NO3/c1-16-12(15)8-3-2-7-4-10(11(13)14)6-9(7)5-8/h2-3,5-6H,4H2,1H3,(H2,13,14). The van der Waals surface area contributed by atoms with Crippen molar-refractivity contribution in [3.8, 4) is 0 Å². The number of hydrogen-bond acceptors (Lipinski definition) is 3. The molecule has 16 heavy (non-hydrogen) atoms. The van der Waals surface area contributed by atoms with Gasteiger partial charge in [0, 0.05) is 12.0 Å². The summed E-state index contributed by atoms with van der Waals surface area (Å²) in [5.41, 5.74) is 8.10. The molecule has 1 aliphatic carbocycles. The number of amides is 1. The van der Waals surface area contributed by atoms with Gasteiger partial charge in [-0.05, 0) is 29.3 Å². The summed E-state index contributed by atoms with van der Waals surface area (Å²) in [5.74, 6) is -0.806. The molecule has 0 fully saturated rings. The molecule has 0 heterocycles. The number of nitrogens with two attached hydrogens (primary N) is 1. The Hall–Kier alpha value is -2.10. The molecular weight excluding hydrogens is 206 g/mol. The lowest BCUT2D eigenvalue weighted by atomic mass is 10.1. The molecule has 0 aromatic heterocycles. The third kappa shape index (κ3) is 1.69. The van der Waals surface area contributed by atoms with Gasteiger partial charge in [-0.25, -0.2) is 4.79 Å². The summed E-state index contributed by atoms with van der Waals surface area (Å²) >= 11 is 0. The minimum atomic E-state index is -0.421. The predicted octanol–water partition coefficient (Wildman–Crippen LogP) is 0.898. The summed E-state index contributed by atoms with van der Waals surface area (Å²) in [5, 5.41) is 0. The lowest BCUT2D eigenvalue weighted by molar-refractivity contribution is -0.114. The fraction of sp³-hybridized carbons (Fsp3) is 0.167. The van der Waals surface area contributed by atoms with E-state index in [2.05, 4.69) is 4.74 Å². The van der Waals surface area contributed by atoms with Gasteiger partial charge < -0.3 is 10.5 Å². The second kappa shape index (κ2) is 3.81. The molecule has 1 aliphatic rings. The number of rotatable bonds is 2. The number of esters is 1. The number of benzene rings is 1. The lowest BCUT2D eigenvalue weighted by Crippen LogP contribution is -2.13. The Balaban J connectivity index is 2.37. The van der Waals surface area contributed by atoms with Crippen LogP contribution in [0.25, 0.3) is 6.08 Å². The minimum absolute atomic E-state index is 0.385. The van der Waals surface area contributed by atoms with Crippen LogP contribution in [0.1, 0.15) is 21.5 Å². The van der Waals surface area contributed by atoms with Crippen molar-refractivity contribution in [2.75, 3.05) is 7.11 Å². The maximum absolute atomic E-state index is 11.3. The van der Waals surface area contributed by atoms with Crippen LogP contribution >= 0.6 is 0 Å². The van der Waals surface area contributed by atoms with Gasteiger partial charge in [0.05, 0.1) is 12.7 Å². The maximum Gasteiger partial charge on any atom is 0.337 e. The van der Waals surface area contributed by atoms with Gasteiger partial charge in [-0.15, -0.1) is 0 Å². The quantitative estimate of drug-likeness (QED) is 0.748. The number of ether oxygens (including phenoxy) is 1. The van der Waals surface area contributed by atoms with Crippen molar-refractivity contribution >= 4 is 18.0 Å². The van der Waals surface area contributed by atoms with Gasteiger partial charge in [-0.1, -0.05) is 6.07 Å². The third-order valence-corrected chi connectivity index (χ3v) is 2.59. The van der Waals surface area contributed by atoms with E-state index in [0.717, 1.165) is 11.1 Å². The zero-order chi connectivity index (χ0) is 11.7. The fourth-order valence-corrected chi connectivity index (χ4v) is 1.74. The van der Waals surface area contributed by atoms with Crippen molar-refractivity contribution in [3.63, 3.8) is 0 Å². The van der Waals surface area contributed by atoms with Gasteiger partial charge in [-0.3, -0.25) is 4.79 Å². The van der Waals surface area contributed by atoms with Crippen LogP contribution < -0.4 is 5.73 Å². The van der Waals surface area contributed by atoms with Crippen LogP contribution in [0.5, 0.6) is 0 Å². The molecule has 0 aliphatic heterocycles. The first-order valence-electron chi connectivity index (χ1n) is 4.83. The van der Waals surface area contributed by atoms with Crippen molar-refractivity contribution in [2.24, 2.45) is 5.73 Å². The van der Waals surface area contributed by atoms with E-state index in [4.69, 9.17) is 5.73 Å². The highest BCUT2D eigenvalue weighted by Gasteiger charge is 2.18. The average Bonchev–Trinajstić information content (AvgIpc) is 2.70. The lowest BCUT2D eigenvalue weighted by Gasteiger charge is -2.02. The highest BCUT2D eigenvalue weighted by Crippen LogP contribution is 2.25. The largest absolute Gasteiger partial charge is 0.465 e. The number of fused-ring (bicyclic) bond motifs is 1. The molecule has 0 unspecified atom stereocenters. The van der Waals surface area contributed by atoms with Crippen molar-refractivity contribution in [2.45, 2.75) is 6.42 Å². The fourth-order valence-electron chi connectivity index (χ4n) is 1.74. The van der Waals surface area contributed by atoms with E-state index in [9.17, 15) is 9.59 Å². The first-order chi connectivity index (χ1) is 7.61. The molecule has 0 spiro atoms. The molecule has 1 aromatic rings. The monoisotopic (exact) mass is 217 g/mol. The Bertz CT molecular complexity index is 503. The number of carbonyl (C=O) groups is 2. The van der Waals surface area contributed by atoms with Crippen LogP contribution in [-0.2, 0) is 16.0 Å². The second-order valence-electron chi connectivity index (χ2n) is 3.62. The van der Waals surface area contributed by atoms with Crippen LogP contribution in [0.3, 0.4) is 0 Å². The molecule has 4 heteroatoms. The van der Waals surface area contributed by atoms with Crippen molar-refractivity contribution in [1.29, 1.82) is 0 Å². The Morgan fingerprint density at radius 2 is 2.12 bits per heavy atom. The topological polar surface area (TPSA) is 69.4 Å². The molecule has 0 radical (unpaired) electrons. The first-order valence-corrected chi connectivity index (χ1v) is 4.83. The summed E-state index contributed by atoms with van der Waals surface area (Å²) in [6.45, 7) is 0. The smallest absolute Gasteiger partial charge is 0.337 e. The van der Waals surface area contributed by atoms with E-state index < -0.39 is 5.91 Å². The zero-order valence-electron chi connectivity index (χ0n) is 8.82. The Labute approximate surface area is 92.7 Å². The second-order valence-corrected chi connectivity index (χ2v) is 3.62. The van der Waals surface area contributed by atoms with E-state index >= 15 is 0 Å². The number of primary amides is 1. The van der Waals surface area contributed by atoms with E-state index in [-0.39, 0.29) is 5.97 Å². The molecule has 0 bridgehead atoms. The molecule has 0 saturated carbocycles. The molecule has 2 N–H and O–H groups in total. The first kappa shape index (κ1) is 10.4. The summed E-state index contributed by atoms with van der Waals surface area (Å²) in [6, 6.07) is 5.20. The van der Waals surface area contributed by atoms with Gasteiger partial charge in [0.15, 0.2) is 0 Å². The highest BCUT2D eigenvalue weighted by molar-refractivity contribution is 6.00. The normalized spacial score (nSPS) is 12.9. The summed E-state index contributed by atoms with van der Waals surface area (Å²) in [7, 11) is 1.33. The average molecular weight is 217 g/mol. The molecule has 82 valence electrons. The molecular formula is C12H11NO3. The molecule has 0 atom stereocenters. The minimum Gasteiger partial charge on any atom is -0.465 e. The Kier molecular flexibility index (Phi) is 2.48. The van der Waals surface area contributed by atoms with Crippen LogP contribution in [-0.4, -0.2) is 19.0 Å². The van der Waals surface area contributed by atoms with E-state index in [1.807, 2.05) is 6.07 Å². The van der Waals surface area contributed by atoms with Crippen LogP contribution in [0.15, 0.2) is 23.8 Å². The van der Waals surface area contributed by atoms with Crippen molar-refractivity contribution < 1.29 is 14.3 Å². The van der Waals surface area contributed by atoms with Crippen LogP contribution in [0, 0.1) is 0 Å². The summed E-state index contributed by atoms with van der Waals surface area (Å²) < 4.78 is 4.62. The Morgan fingerprint density at radius 1 is 1.38 bits per heavy atom. The predicted molar refractivity (Wildman–Crippen MR) is 58.7 cm³/mol. The SMILES string of the molecule is COC(=O)c1ccc2c(c1)C=C(C(N)=O)C2. The summed E-state index contributed by atoms with van der Waals surface area (Å²) in [6.07, 6.45) is 2.25. The number of carbonyl (C=O) groups excluding carboxylic acids is 2. The third-order valence-electron chi connectivity index (χ3n) is 2.59. The van der Waals surface area contributed by atoms with Crippen LogP contribution in [0.4, 0.5) is 0 Å². The summed E-state index contributed by atoms with van der Waals surface area (Å²) in [4.78, 5) is 22.3. The Morgan fingerprint density at radius 3 is 2.75 bits per heavy atom. The van der Waals surface area contributed by atoms with Gasteiger partial charge in [0.2, 0.25) is 5.91 Å². The molecule has 1 aromatic carbocycles. The number of hydrogen-bond donors (Lipinski definition) is 1. The molecule has 1 amide bonds. The van der Waals surface area contributed by atoms with E-state index in [1.54, 1.807) is 18.2 Å². The molecule has 4 nitrogen and oxygen atoms in total. The van der Waals surface area contributed by atoms with Crippen molar-refractivity contribution in [3.05, 3.63) is 40.5 Å². The molecule has 2 rings (SSSR count). The van der Waals surface area contributed by atoms with E-state index in [1.165, 1.54) is 7.11 Å². The zero-order valence-corrected chi connectivity index (χ0v) is 8.82. The van der Waals surface area contributed by atoms with Crippen LogP contribution in [0.2, 0.25) is 0 Å². The van der Waals surface area contributed by atoms with Gasteiger partial charge in [-0.2, -0.15) is 0 Å². The highest BCUT2D eigenvalue weighted by atomic mass is 16.5. The maximum atomic E-state index is 11.3. The van der Waals surface area contributed by atoms with Gasteiger partial charge >= 0.3 is 5.97 Å². The molecule has 0 saturated heterocycles.